The van der Waals surface area contributed by atoms with Crippen LogP contribution in [-0.2, 0) is 13.0 Å². The molecule has 0 spiro atoms. The highest BCUT2D eigenvalue weighted by Gasteiger charge is 2.19. The Kier molecular flexibility index (Phi) is 6.11. The second-order valence-corrected chi connectivity index (χ2v) is 6.89. The Morgan fingerprint density at radius 2 is 1.96 bits per heavy atom. The summed E-state index contributed by atoms with van der Waals surface area (Å²) >= 11 is 1.48. The standard InChI is InChI=1S/C19H24N2O4S/c1-23-16-10-13-6-8-21(12-14(13)11-17(16)24-2)9-7-20-19(22)15-4-5-18(25-15)26-3/h4-5,10-11H,6-9,12H2,1-3H3,(H,20,22). The monoisotopic (exact) mass is 376 g/mol. The number of carbonyl (C=O) groups is 1. The fraction of sp³-hybridized carbons (Fsp3) is 0.421. The first kappa shape index (κ1) is 18.7. The molecule has 0 unspecified atom stereocenters. The summed E-state index contributed by atoms with van der Waals surface area (Å²) < 4.78 is 16.2. The van der Waals surface area contributed by atoms with Crippen molar-refractivity contribution in [2.45, 2.75) is 18.1 Å². The van der Waals surface area contributed by atoms with Gasteiger partial charge in [-0.05, 0) is 48.1 Å². The Bertz CT molecular complexity index is 775. The van der Waals surface area contributed by atoms with Crippen LogP contribution in [0.2, 0.25) is 0 Å². The molecule has 0 saturated heterocycles. The molecule has 0 fully saturated rings. The maximum Gasteiger partial charge on any atom is 0.287 e. The van der Waals surface area contributed by atoms with Crippen molar-refractivity contribution < 1.29 is 18.7 Å². The first-order valence-corrected chi connectivity index (χ1v) is 9.75. The molecule has 0 aliphatic carbocycles. The molecule has 2 heterocycles. The number of benzene rings is 1. The molecule has 1 N–H and O–H groups in total. The Hall–Kier alpha value is -2.12. The summed E-state index contributed by atoms with van der Waals surface area (Å²) in [6, 6.07) is 7.62. The van der Waals surface area contributed by atoms with E-state index in [2.05, 4.69) is 16.3 Å². The van der Waals surface area contributed by atoms with Crippen LogP contribution in [0.15, 0.2) is 33.8 Å². The number of ether oxygens (including phenoxy) is 2. The lowest BCUT2D eigenvalue weighted by molar-refractivity contribution is 0.0914. The summed E-state index contributed by atoms with van der Waals surface area (Å²) in [6.07, 6.45) is 2.87. The number of hydrogen-bond acceptors (Lipinski definition) is 6. The van der Waals surface area contributed by atoms with E-state index in [1.807, 2.05) is 18.4 Å². The normalized spacial score (nSPS) is 14.0. The smallest absolute Gasteiger partial charge is 0.287 e. The van der Waals surface area contributed by atoms with Crippen LogP contribution in [0, 0.1) is 0 Å². The van der Waals surface area contributed by atoms with Gasteiger partial charge in [0.05, 0.1) is 14.2 Å². The van der Waals surface area contributed by atoms with Gasteiger partial charge in [0.15, 0.2) is 22.4 Å². The molecule has 7 heteroatoms. The van der Waals surface area contributed by atoms with Crippen LogP contribution in [0.5, 0.6) is 11.5 Å². The average molecular weight is 376 g/mol. The molecule has 6 nitrogen and oxygen atoms in total. The lowest BCUT2D eigenvalue weighted by Gasteiger charge is -2.29. The van der Waals surface area contributed by atoms with Gasteiger partial charge >= 0.3 is 0 Å². The van der Waals surface area contributed by atoms with Crippen molar-refractivity contribution >= 4 is 17.7 Å². The Morgan fingerprint density at radius 3 is 2.62 bits per heavy atom. The SMILES string of the molecule is COc1cc2c(cc1OC)CN(CCNC(=O)c1ccc(SC)o1)CC2. The molecule has 26 heavy (non-hydrogen) atoms. The van der Waals surface area contributed by atoms with Crippen molar-refractivity contribution in [1.29, 1.82) is 0 Å². The van der Waals surface area contributed by atoms with E-state index in [0.29, 0.717) is 12.3 Å². The van der Waals surface area contributed by atoms with E-state index in [9.17, 15) is 4.79 Å². The third-order valence-electron chi connectivity index (χ3n) is 4.52. The third-order valence-corrected chi connectivity index (χ3v) is 5.14. The number of nitrogens with zero attached hydrogens (tertiary/aromatic N) is 1. The van der Waals surface area contributed by atoms with Crippen LogP contribution in [0.4, 0.5) is 0 Å². The van der Waals surface area contributed by atoms with Gasteiger partial charge in [-0.2, -0.15) is 0 Å². The zero-order chi connectivity index (χ0) is 18.5. The van der Waals surface area contributed by atoms with Crippen molar-refractivity contribution in [1.82, 2.24) is 10.2 Å². The molecule has 140 valence electrons. The molecule has 1 aromatic carbocycles. The fourth-order valence-corrected chi connectivity index (χ4v) is 3.48. The number of amides is 1. The van der Waals surface area contributed by atoms with Gasteiger partial charge in [-0.3, -0.25) is 9.69 Å². The van der Waals surface area contributed by atoms with E-state index >= 15 is 0 Å². The largest absolute Gasteiger partial charge is 0.493 e. The summed E-state index contributed by atoms with van der Waals surface area (Å²) in [7, 11) is 3.31. The summed E-state index contributed by atoms with van der Waals surface area (Å²) in [5, 5.41) is 3.66. The quantitative estimate of drug-likeness (QED) is 0.750. The molecule has 1 aliphatic heterocycles. The van der Waals surface area contributed by atoms with Gasteiger partial charge in [0.2, 0.25) is 0 Å². The van der Waals surface area contributed by atoms with Crippen molar-refractivity contribution in [3.05, 3.63) is 41.2 Å². The number of fused-ring (bicyclic) bond motifs is 1. The molecule has 1 amide bonds. The topological polar surface area (TPSA) is 63.9 Å². The van der Waals surface area contributed by atoms with Crippen LogP contribution in [-0.4, -0.2) is 50.9 Å². The van der Waals surface area contributed by atoms with E-state index in [1.165, 1.54) is 22.9 Å². The van der Waals surface area contributed by atoms with Gasteiger partial charge in [0.25, 0.3) is 5.91 Å². The highest BCUT2D eigenvalue weighted by molar-refractivity contribution is 7.98. The molecule has 1 aromatic heterocycles. The lowest BCUT2D eigenvalue weighted by atomic mass is 9.99. The molecular formula is C19H24N2O4S. The zero-order valence-corrected chi connectivity index (χ0v) is 16.1. The molecule has 0 bridgehead atoms. The van der Waals surface area contributed by atoms with Crippen molar-refractivity contribution in [2.75, 3.05) is 40.1 Å². The number of thioether (sulfide) groups is 1. The number of furan rings is 1. The van der Waals surface area contributed by atoms with Crippen molar-refractivity contribution in [3.63, 3.8) is 0 Å². The molecule has 3 rings (SSSR count). The Morgan fingerprint density at radius 1 is 1.23 bits per heavy atom. The molecule has 0 atom stereocenters. The summed E-state index contributed by atoms with van der Waals surface area (Å²) in [5.41, 5.74) is 2.54. The summed E-state index contributed by atoms with van der Waals surface area (Å²) in [6.45, 7) is 3.16. The number of rotatable bonds is 7. The van der Waals surface area contributed by atoms with Gasteiger partial charge in [0.1, 0.15) is 0 Å². The van der Waals surface area contributed by atoms with E-state index < -0.39 is 0 Å². The number of methoxy groups -OCH3 is 2. The van der Waals surface area contributed by atoms with Crippen LogP contribution < -0.4 is 14.8 Å². The van der Waals surface area contributed by atoms with Gasteiger partial charge in [-0.25, -0.2) is 0 Å². The minimum absolute atomic E-state index is 0.172. The van der Waals surface area contributed by atoms with Gasteiger partial charge in [0, 0.05) is 26.2 Å². The Labute approximate surface area is 157 Å². The van der Waals surface area contributed by atoms with Crippen molar-refractivity contribution in [2.24, 2.45) is 0 Å². The van der Waals surface area contributed by atoms with Gasteiger partial charge < -0.3 is 19.2 Å². The third kappa shape index (κ3) is 4.16. The van der Waals surface area contributed by atoms with Crippen molar-refractivity contribution in [3.8, 4) is 11.5 Å². The lowest BCUT2D eigenvalue weighted by Crippen LogP contribution is -2.37. The molecule has 0 saturated carbocycles. The second-order valence-electron chi connectivity index (χ2n) is 6.08. The number of nitrogens with one attached hydrogen (secondary N) is 1. The minimum atomic E-state index is -0.172. The summed E-state index contributed by atoms with van der Waals surface area (Å²) in [4.78, 5) is 14.4. The van der Waals surface area contributed by atoms with Crippen LogP contribution >= 0.6 is 11.8 Å². The van der Waals surface area contributed by atoms with E-state index in [-0.39, 0.29) is 5.91 Å². The maximum absolute atomic E-state index is 12.1. The highest BCUT2D eigenvalue weighted by Crippen LogP contribution is 2.33. The maximum atomic E-state index is 12.1. The first-order valence-electron chi connectivity index (χ1n) is 8.52. The Balaban J connectivity index is 1.53. The minimum Gasteiger partial charge on any atom is -0.493 e. The first-order chi connectivity index (χ1) is 12.6. The second kappa shape index (κ2) is 8.51. The van der Waals surface area contributed by atoms with Gasteiger partial charge in [-0.1, -0.05) is 11.8 Å². The predicted octanol–water partition coefficient (Wildman–Crippen LogP) is 2.81. The predicted molar refractivity (Wildman–Crippen MR) is 101 cm³/mol. The molecular weight excluding hydrogens is 352 g/mol. The fourth-order valence-electron chi connectivity index (χ4n) is 3.10. The van der Waals surface area contributed by atoms with Crippen LogP contribution in [0.1, 0.15) is 21.7 Å². The summed E-state index contributed by atoms with van der Waals surface area (Å²) in [5.74, 6) is 1.71. The van der Waals surface area contributed by atoms with E-state index in [0.717, 1.165) is 42.6 Å². The van der Waals surface area contributed by atoms with Crippen LogP contribution in [0.3, 0.4) is 0 Å². The average Bonchev–Trinajstić information content (AvgIpc) is 3.16. The number of hydrogen-bond donors (Lipinski definition) is 1. The molecule has 0 radical (unpaired) electrons. The molecule has 1 aliphatic rings. The highest BCUT2D eigenvalue weighted by atomic mass is 32.2. The molecule has 2 aromatic rings. The van der Waals surface area contributed by atoms with E-state index in [4.69, 9.17) is 13.9 Å². The van der Waals surface area contributed by atoms with Gasteiger partial charge in [-0.15, -0.1) is 0 Å². The zero-order valence-electron chi connectivity index (χ0n) is 15.3. The van der Waals surface area contributed by atoms with E-state index in [1.54, 1.807) is 20.3 Å². The number of carbonyl (C=O) groups excluding carboxylic acids is 1. The van der Waals surface area contributed by atoms with Crippen LogP contribution in [0.25, 0.3) is 0 Å².